The molecule has 0 bridgehead atoms. The summed E-state index contributed by atoms with van der Waals surface area (Å²) in [5.41, 5.74) is -0.118. The Hall–Kier alpha value is -3.23. The molecule has 6 nitrogen and oxygen atoms in total. The number of hydrogen-bond acceptors (Lipinski definition) is 4. The predicted octanol–water partition coefficient (Wildman–Crippen LogP) is 4.44. The fourth-order valence-electron chi connectivity index (χ4n) is 2.83. The van der Waals surface area contributed by atoms with Crippen molar-refractivity contribution in [3.63, 3.8) is 0 Å². The van der Waals surface area contributed by atoms with Crippen molar-refractivity contribution < 1.29 is 27.5 Å². The summed E-state index contributed by atoms with van der Waals surface area (Å²) in [5, 5.41) is 8.21. The third-order valence-corrected chi connectivity index (χ3v) is 4.57. The van der Waals surface area contributed by atoms with E-state index in [1.165, 1.54) is 6.07 Å². The van der Waals surface area contributed by atoms with E-state index in [0.717, 1.165) is 25.0 Å². The Bertz CT molecular complexity index is 943. The van der Waals surface area contributed by atoms with Crippen molar-refractivity contribution in [2.75, 3.05) is 23.8 Å². The number of nitrogens with one attached hydrogen (secondary N) is 3. The zero-order valence-corrected chi connectivity index (χ0v) is 17.0. The van der Waals surface area contributed by atoms with Crippen LogP contribution in [0.4, 0.5) is 24.5 Å². The highest BCUT2D eigenvalue weighted by molar-refractivity contribution is 6.04. The Kier molecular flexibility index (Phi) is 7.04. The Morgan fingerprint density at radius 2 is 1.84 bits per heavy atom. The zero-order chi connectivity index (χ0) is 22.4. The molecule has 0 aromatic heterocycles. The number of carbonyl (C=O) groups is 2. The Morgan fingerprint density at radius 3 is 2.52 bits per heavy atom. The average molecular weight is 435 g/mol. The average Bonchev–Trinajstić information content (AvgIpc) is 3.54. The van der Waals surface area contributed by atoms with E-state index in [9.17, 15) is 22.8 Å². The van der Waals surface area contributed by atoms with Crippen LogP contribution in [-0.4, -0.2) is 31.0 Å². The summed E-state index contributed by atoms with van der Waals surface area (Å²) in [4.78, 5) is 24.8. The lowest BCUT2D eigenvalue weighted by Gasteiger charge is -2.16. The van der Waals surface area contributed by atoms with Crippen LogP contribution in [-0.2, 0) is 11.0 Å². The van der Waals surface area contributed by atoms with Crippen molar-refractivity contribution in [3.05, 3.63) is 53.6 Å². The summed E-state index contributed by atoms with van der Waals surface area (Å²) >= 11 is 0. The number of rotatable bonds is 9. The van der Waals surface area contributed by atoms with Crippen LogP contribution in [0.15, 0.2) is 42.5 Å². The summed E-state index contributed by atoms with van der Waals surface area (Å²) in [6.45, 7) is 1.90. The number of alkyl halides is 3. The van der Waals surface area contributed by atoms with Crippen LogP contribution in [0.2, 0.25) is 0 Å². The summed E-state index contributed by atoms with van der Waals surface area (Å²) in [5.74, 6) is -0.558. The van der Waals surface area contributed by atoms with Gasteiger partial charge in [0.15, 0.2) is 0 Å². The van der Waals surface area contributed by atoms with E-state index in [4.69, 9.17) is 4.74 Å². The second-order valence-corrected chi connectivity index (χ2v) is 7.25. The quantitative estimate of drug-likeness (QED) is 0.544. The van der Waals surface area contributed by atoms with Crippen LogP contribution in [0.1, 0.15) is 42.1 Å². The normalized spacial score (nSPS) is 13.4. The fourth-order valence-corrected chi connectivity index (χ4v) is 2.83. The number of ether oxygens (including phenoxy) is 1. The lowest BCUT2D eigenvalue weighted by atomic mass is 10.1. The molecule has 1 aliphatic carbocycles. The molecule has 1 aliphatic rings. The van der Waals surface area contributed by atoms with Crippen molar-refractivity contribution in [2.45, 2.75) is 38.4 Å². The SMILES string of the molecule is CCCOc1ccc(C(F)(F)F)cc1NCC(=O)Nc1ccccc1C(=O)NC1CC1. The van der Waals surface area contributed by atoms with E-state index >= 15 is 0 Å². The maximum Gasteiger partial charge on any atom is 0.416 e. The van der Waals surface area contributed by atoms with Gasteiger partial charge in [0, 0.05) is 6.04 Å². The van der Waals surface area contributed by atoms with E-state index in [2.05, 4.69) is 16.0 Å². The first-order valence-corrected chi connectivity index (χ1v) is 10.1. The minimum absolute atomic E-state index is 0.0678. The molecule has 1 saturated carbocycles. The van der Waals surface area contributed by atoms with Gasteiger partial charge in [0.25, 0.3) is 5.91 Å². The van der Waals surface area contributed by atoms with Crippen molar-refractivity contribution in [1.82, 2.24) is 5.32 Å². The molecular formula is C22H24F3N3O3. The van der Waals surface area contributed by atoms with Gasteiger partial charge in [-0.05, 0) is 49.6 Å². The summed E-state index contributed by atoms with van der Waals surface area (Å²) in [6.07, 6.45) is -1.97. The number of amides is 2. The smallest absolute Gasteiger partial charge is 0.416 e. The molecule has 3 N–H and O–H groups in total. The molecule has 166 valence electrons. The summed E-state index contributed by atoms with van der Waals surface area (Å²) in [7, 11) is 0. The topological polar surface area (TPSA) is 79.5 Å². The molecular weight excluding hydrogens is 411 g/mol. The Morgan fingerprint density at radius 1 is 1.10 bits per heavy atom. The molecule has 9 heteroatoms. The Balaban J connectivity index is 1.68. The van der Waals surface area contributed by atoms with Crippen molar-refractivity contribution in [3.8, 4) is 5.75 Å². The van der Waals surface area contributed by atoms with Gasteiger partial charge in [-0.2, -0.15) is 13.2 Å². The molecule has 0 saturated heterocycles. The molecule has 31 heavy (non-hydrogen) atoms. The van der Waals surface area contributed by atoms with Gasteiger partial charge in [0.2, 0.25) is 5.91 Å². The molecule has 1 fully saturated rings. The molecule has 2 aromatic carbocycles. The largest absolute Gasteiger partial charge is 0.491 e. The van der Waals surface area contributed by atoms with E-state index in [0.29, 0.717) is 24.3 Å². The number of benzene rings is 2. The predicted molar refractivity (Wildman–Crippen MR) is 111 cm³/mol. The molecule has 0 aliphatic heterocycles. The van der Waals surface area contributed by atoms with Crippen LogP contribution in [0.25, 0.3) is 0 Å². The van der Waals surface area contributed by atoms with Crippen LogP contribution in [0.3, 0.4) is 0 Å². The lowest BCUT2D eigenvalue weighted by Crippen LogP contribution is -2.28. The van der Waals surface area contributed by atoms with Crippen LogP contribution in [0.5, 0.6) is 5.75 Å². The molecule has 3 rings (SSSR count). The molecule has 0 heterocycles. The molecule has 0 spiro atoms. The number of halogens is 3. The monoisotopic (exact) mass is 435 g/mol. The van der Waals surface area contributed by atoms with Gasteiger partial charge in [-0.25, -0.2) is 0 Å². The van der Waals surface area contributed by atoms with Crippen LogP contribution >= 0.6 is 0 Å². The summed E-state index contributed by atoms with van der Waals surface area (Å²) in [6, 6.07) is 9.82. The first-order valence-electron chi connectivity index (χ1n) is 10.1. The third-order valence-electron chi connectivity index (χ3n) is 4.57. The zero-order valence-electron chi connectivity index (χ0n) is 17.0. The molecule has 0 radical (unpaired) electrons. The maximum absolute atomic E-state index is 13.1. The molecule has 2 aromatic rings. The van der Waals surface area contributed by atoms with Crippen molar-refractivity contribution >= 4 is 23.2 Å². The van der Waals surface area contributed by atoms with E-state index in [1.54, 1.807) is 24.3 Å². The van der Waals surface area contributed by atoms with Gasteiger partial charge in [-0.1, -0.05) is 19.1 Å². The van der Waals surface area contributed by atoms with Crippen LogP contribution in [0, 0.1) is 0 Å². The number of para-hydroxylation sites is 1. The third kappa shape index (κ3) is 6.37. The van der Waals surface area contributed by atoms with Crippen molar-refractivity contribution in [1.29, 1.82) is 0 Å². The summed E-state index contributed by atoms with van der Waals surface area (Å²) < 4.78 is 44.7. The molecule has 2 amide bonds. The highest BCUT2D eigenvalue weighted by atomic mass is 19.4. The first-order chi connectivity index (χ1) is 14.8. The van der Waals surface area contributed by atoms with Gasteiger partial charge in [-0.15, -0.1) is 0 Å². The highest BCUT2D eigenvalue weighted by Crippen LogP contribution is 2.35. The minimum atomic E-state index is -4.52. The second kappa shape index (κ2) is 9.72. The van der Waals surface area contributed by atoms with Gasteiger partial charge in [-0.3, -0.25) is 9.59 Å². The molecule has 0 atom stereocenters. The number of hydrogen-bond donors (Lipinski definition) is 3. The van der Waals surface area contributed by atoms with E-state index < -0.39 is 17.6 Å². The number of anilines is 2. The Labute approximate surface area is 178 Å². The second-order valence-electron chi connectivity index (χ2n) is 7.25. The number of carbonyl (C=O) groups excluding carboxylic acids is 2. The fraction of sp³-hybridized carbons (Fsp3) is 0.364. The van der Waals surface area contributed by atoms with E-state index in [-0.39, 0.29) is 29.9 Å². The van der Waals surface area contributed by atoms with E-state index in [1.807, 2.05) is 6.92 Å². The van der Waals surface area contributed by atoms with Crippen LogP contribution < -0.4 is 20.7 Å². The minimum Gasteiger partial charge on any atom is -0.491 e. The lowest BCUT2D eigenvalue weighted by molar-refractivity contribution is -0.137. The van der Waals surface area contributed by atoms with Gasteiger partial charge in [0.1, 0.15) is 5.75 Å². The highest BCUT2D eigenvalue weighted by Gasteiger charge is 2.31. The van der Waals surface area contributed by atoms with Gasteiger partial charge >= 0.3 is 6.18 Å². The maximum atomic E-state index is 13.1. The standard InChI is InChI=1S/C22H24F3N3O3/c1-2-11-31-19-10-7-14(22(23,24)25)12-18(19)26-13-20(29)28-17-6-4-3-5-16(17)21(30)27-15-8-9-15/h3-7,10,12,15,26H,2,8-9,11,13H2,1H3,(H,27,30)(H,28,29). The first kappa shape index (κ1) is 22.5. The van der Waals surface area contributed by atoms with Crippen molar-refractivity contribution in [2.24, 2.45) is 0 Å². The van der Waals surface area contributed by atoms with Gasteiger partial charge in [0.05, 0.1) is 35.7 Å². The molecule has 0 unspecified atom stereocenters. The van der Waals surface area contributed by atoms with Gasteiger partial charge < -0.3 is 20.7 Å².